The maximum absolute atomic E-state index is 9.74. The van der Waals surface area contributed by atoms with Gasteiger partial charge in [0, 0.05) is 22.8 Å². The third-order valence-electron chi connectivity index (χ3n) is 3.05. The van der Waals surface area contributed by atoms with Crippen LogP contribution in [-0.4, -0.2) is 10.2 Å². The van der Waals surface area contributed by atoms with Crippen LogP contribution in [0.1, 0.15) is 16.7 Å². The van der Waals surface area contributed by atoms with E-state index in [1.54, 1.807) is 24.3 Å². The van der Waals surface area contributed by atoms with Crippen LogP contribution in [0.3, 0.4) is 0 Å². The monoisotopic (exact) mass is 277 g/mol. The van der Waals surface area contributed by atoms with Gasteiger partial charge in [-0.25, -0.2) is 0 Å². The van der Waals surface area contributed by atoms with Gasteiger partial charge in [-0.2, -0.15) is 0 Å². The summed E-state index contributed by atoms with van der Waals surface area (Å²) in [4.78, 5) is 0. The molecule has 0 spiro atoms. The van der Waals surface area contributed by atoms with E-state index in [9.17, 15) is 10.2 Å². The van der Waals surface area contributed by atoms with E-state index in [0.717, 1.165) is 22.4 Å². The Kier molecular flexibility index (Phi) is 3.86. The average Bonchev–Trinajstić information content (AvgIpc) is 2.36. The number of anilines is 1. The van der Waals surface area contributed by atoms with Gasteiger partial charge in [0.05, 0.1) is 0 Å². The molecule has 2 aromatic rings. The molecule has 2 rings (SSSR count). The summed E-state index contributed by atoms with van der Waals surface area (Å²) < 4.78 is 0. The highest BCUT2D eigenvalue weighted by Gasteiger charge is 2.06. The predicted octanol–water partition coefficient (Wildman–Crippen LogP) is 3.98. The Morgan fingerprint density at radius 3 is 2.47 bits per heavy atom. The van der Waals surface area contributed by atoms with E-state index in [2.05, 4.69) is 5.32 Å². The Morgan fingerprint density at radius 1 is 1.00 bits per heavy atom. The van der Waals surface area contributed by atoms with Crippen LogP contribution < -0.4 is 5.32 Å². The maximum atomic E-state index is 9.74. The fourth-order valence-electron chi connectivity index (χ4n) is 1.88. The van der Waals surface area contributed by atoms with Crippen molar-refractivity contribution in [1.29, 1.82) is 0 Å². The molecule has 100 valence electrons. The molecule has 0 saturated carbocycles. The Hall–Kier alpha value is -1.87. The first-order valence-corrected chi connectivity index (χ1v) is 6.36. The Bertz CT molecular complexity index is 611. The fourth-order valence-corrected chi connectivity index (χ4v) is 2.07. The average molecular weight is 278 g/mol. The lowest BCUT2D eigenvalue weighted by molar-refractivity contribution is 0.468. The summed E-state index contributed by atoms with van der Waals surface area (Å²) in [6, 6.07) is 8.55. The van der Waals surface area contributed by atoms with Gasteiger partial charge >= 0.3 is 0 Å². The van der Waals surface area contributed by atoms with Gasteiger partial charge in [-0.15, -0.1) is 0 Å². The molecule has 0 aliphatic heterocycles. The molecule has 2 aromatic carbocycles. The van der Waals surface area contributed by atoms with Crippen LogP contribution in [-0.2, 0) is 6.54 Å². The molecule has 19 heavy (non-hydrogen) atoms. The van der Waals surface area contributed by atoms with Gasteiger partial charge in [0.25, 0.3) is 0 Å². The fraction of sp³-hybridized carbons (Fsp3) is 0.200. The van der Waals surface area contributed by atoms with Crippen LogP contribution in [0.15, 0.2) is 30.3 Å². The minimum atomic E-state index is 0.213. The smallest absolute Gasteiger partial charge is 0.120 e. The zero-order chi connectivity index (χ0) is 14.0. The number of nitrogens with one attached hydrogen (secondary N) is 1. The van der Waals surface area contributed by atoms with E-state index >= 15 is 0 Å². The summed E-state index contributed by atoms with van der Waals surface area (Å²) in [6.07, 6.45) is 0. The van der Waals surface area contributed by atoms with E-state index in [1.165, 1.54) is 0 Å². The highest BCUT2D eigenvalue weighted by Crippen LogP contribution is 2.27. The van der Waals surface area contributed by atoms with Crippen molar-refractivity contribution in [3.8, 4) is 11.5 Å². The third-order valence-corrected chi connectivity index (χ3v) is 3.29. The lowest BCUT2D eigenvalue weighted by Crippen LogP contribution is -2.01. The van der Waals surface area contributed by atoms with Gasteiger partial charge in [-0.3, -0.25) is 0 Å². The van der Waals surface area contributed by atoms with E-state index in [4.69, 9.17) is 11.6 Å². The molecule has 0 unspecified atom stereocenters. The van der Waals surface area contributed by atoms with Gasteiger partial charge in [0.2, 0.25) is 0 Å². The molecular formula is C15H16ClNO2. The molecule has 0 aromatic heterocycles. The number of aromatic hydroxyl groups is 2. The van der Waals surface area contributed by atoms with Crippen LogP contribution in [0, 0.1) is 13.8 Å². The molecule has 4 heteroatoms. The largest absolute Gasteiger partial charge is 0.508 e. The molecule has 0 aliphatic carbocycles. The van der Waals surface area contributed by atoms with Crippen LogP contribution in [0.4, 0.5) is 5.69 Å². The lowest BCUT2D eigenvalue weighted by atomic mass is 10.1. The van der Waals surface area contributed by atoms with Gasteiger partial charge in [-0.1, -0.05) is 11.6 Å². The van der Waals surface area contributed by atoms with Crippen LogP contribution in [0.5, 0.6) is 11.5 Å². The number of hydrogen-bond acceptors (Lipinski definition) is 3. The minimum absolute atomic E-state index is 0.213. The van der Waals surface area contributed by atoms with Gasteiger partial charge < -0.3 is 15.5 Å². The van der Waals surface area contributed by atoms with Crippen molar-refractivity contribution < 1.29 is 10.2 Å². The van der Waals surface area contributed by atoms with Gasteiger partial charge in [0.15, 0.2) is 0 Å². The van der Waals surface area contributed by atoms with E-state index in [1.807, 2.05) is 19.9 Å². The van der Waals surface area contributed by atoms with Crippen LogP contribution in [0.25, 0.3) is 0 Å². The van der Waals surface area contributed by atoms with E-state index in [-0.39, 0.29) is 11.5 Å². The number of phenolic OH excluding ortho intramolecular Hbond substituents is 2. The first kappa shape index (κ1) is 13.6. The first-order valence-electron chi connectivity index (χ1n) is 5.99. The first-order chi connectivity index (χ1) is 8.97. The van der Waals surface area contributed by atoms with Crippen LogP contribution >= 0.6 is 11.6 Å². The second-order valence-electron chi connectivity index (χ2n) is 4.58. The van der Waals surface area contributed by atoms with E-state index in [0.29, 0.717) is 11.6 Å². The molecule has 3 nitrogen and oxygen atoms in total. The van der Waals surface area contributed by atoms with Crippen molar-refractivity contribution >= 4 is 17.3 Å². The summed E-state index contributed by atoms with van der Waals surface area (Å²) in [7, 11) is 0. The van der Waals surface area contributed by atoms with Crippen molar-refractivity contribution in [2.45, 2.75) is 20.4 Å². The minimum Gasteiger partial charge on any atom is -0.508 e. The highest BCUT2D eigenvalue weighted by atomic mass is 35.5. The van der Waals surface area contributed by atoms with Crippen molar-refractivity contribution in [3.63, 3.8) is 0 Å². The normalized spacial score (nSPS) is 10.5. The van der Waals surface area contributed by atoms with Crippen molar-refractivity contribution in [2.75, 3.05) is 5.32 Å². The molecule has 0 fully saturated rings. The predicted molar refractivity (Wildman–Crippen MR) is 78.0 cm³/mol. The highest BCUT2D eigenvalue weighted by molar-refractivity contribution is 6.30. The second-order valence-corrected chi connectivity index (χ2v) is 5.02. The SMILES string of the molecule is Cc1cc(NCc2cc(Cl)ccc2O)c(C)cc1O. The topological polar surface area (TPSA) is 52.5 Å². The number of hydrogen-bond donors (Lipinski definition) is 3. The molecule has 0 bridgehead atoms. The lowest BCUT2D eigenvalue weighted by Gasteiger charge is -2.12. The number of rotatable bonds is 3. The van der Waals surface area contributed by atoms with Crippen molar-refractivity contribution in [1.82, 2.24) is 0 Å². The number of phenols is 2. The second kappa shape index (κ2) is 5.41. The maximum Gasteiger partial charge on any atom is 0.120 e. The standard InChI is InChI=1S/C15H16ClNO2/c1-9-6-15(19)10(2)5-13(9)17-8-11-7-12(16)3-4-14(11)18/h3-7,17-19H,8H2,1-2H3. The number of halogens is 1. The van der Waals surface area contributed by atoms with Crippen molar-refractivity contribution in [3.05, 3.63) is 52.0 Å². The number of aryl methyl sites for hydroxylation is 2. The molecule has 0 atom stereocenters. The summed E-state index contributed by atoms with van der Waals surface area (Å²) in [5, 5.41) is 23.2. The zero-order valence-electron chi connectivity index (χ0n) is 10.9. The van der Waals surface area contributed by atoms with Gasteiger partial charge in [0.1, 0.15) is 11.5 Å². The summed E-state index contributed by atoms with van der Waals surface area (Å²) >= 11 is 5.90. The summed E-state index contributed by atoms with van der Waals surface area (Å²) in [6.45, 7) is 4.23. The Labute approximate surface area is 117 Å². The van der Waals surface area contributed by atoms with Gasteiger partial charge in [-0.05, 0) is 55.3 Å². The quantitative estimate of drug-likeness (QED) is 0.744. The van der Waals surface area contributed by atoms with E-state index < -0.39 is 0 Å². The number of benzene rings is 2. The molecule has 0 amide bonds. The zero-order valence-corrected chi connectivity index (χ0v) is 11.6. The Morgan fingerprint density at radius 2 is 1.74 bits per heavy atom. The molecular weight excluding hydrogens is 262 g/mol. The molecule has 3 N–H and O–H groups in total. The summed E-state index contributed by atoms with van der Waals surface area (Å²) in [5.41, 5.74) is 3.42. The van der Waals surface area contributed by atoms with Crippen LogP contribution in [0.2, 0.25) is 5.02 Å². The molecule has 0 aliphatic rings. The Balaban J connectivity index is 2.19. The van der Waals surface area contributed by atoms with Crippen molar-refractivity contribution in [2.24, 2.45) is 0 Å². The third kappa shape index (κ3) is 3.12. The molecule has 0 heterocycles. The molecule has 0 saturated heterocycles. The molecule has 0 radical (unpaired) electrons. The summed E-state index contributed by atoms with van der Waals surface area (Å²) in [5.74, 6) is 0.499.